The number of aromatic nitrogens is 2. The average molecular weight is 248 g/mol. The van der Waals surface area contributed by atoms with Crippen molar-refractivity contribution in [2.45, 2.75) is 20.3 Å². The fraction of sp³-hybridized carbons (Fsp3) is 0.385. The number of pyridine rings is 1. The maximum Gasteiger partial charge on any atom is 0.309 e. The largest absolute Gasteiger partial charge is 0.489 e. The molecule has 0 unspecified atom stereocenters. The monoisotopic (exact) mass is 248 g/mol. The van der Waals surface area contributed by atoms with E-state index in [0.717, 1.165) is 0 Å². The van der Waals surface area contributed by atoms with Crippen LogP contribution >= 0.6 is 0 Å². The first kappa shape index (κ1) is 12.4. The van der Waals surface area contributed by atoms with Gasteiger partial charge in [0.1, 0.15) is 0 Å². The van der Waals surface area contributed by atoms with Gasteiger partial charge < -0.3 is 14.2 Å². The molecule has 0 spiro atoms. The highest BCUT2D eigenvalue weighted by Crippen LogP contribution is 2.19. The molecular weight excluding hydrogens is 232 g/mol. The summed E-state index contributed by atoms with van der Waals surface area (Å²) < 4.78 is 7.45. The molecule has 2 aromatic heterocycles. The number of carbonyl (C=O) groups is 1. The quantitative estimate of drug-likeness (QED) is 0.879. The molecule has 0 saturated carbocycles. The predicted octanol–water partition coefficient (Wildman–Crippen LogP) is 2.00. The van der Waals surface area contributed by atoms with Crippen LogP contribution in [-0.4, -0.2) is 27.1 Å². The molecule has 0 aliphatic rings. The minimum atomic E-state index is -0.886. The van der Waals surface area contributed by atoms with Gasteiger partial charge in [-0.05, 0) is 18.1 Å². The van der Waals surface area contributed by atoms with E-state index in [1.54, 1.807) is 10.6 Å². The molecule has 0 radical (unpaired) electrons. The molecule has 5 nitrogen and oxygen atoms in total. The summed E-state index contributed by atoms with van der Waals surface area (Å²) in [4.78, 5) is 15.0. The maximum atomic E-state index is 10.7. The van der Waals surface area contributed by atoms with E-state index in [4.69, 9.17) is 9.84 Å². The van der Waals surface area contributed by atoms with Crippen molar-refractivity contribution in [2.75, 3.05) is 6.61 Å². The zero-order valence-corrected chi connectivity index (χ0v) is 10.5. The number of nitrogens with zero attached hydrogens (tertiary/aromatic N) is 2. The van der Waals surface area contributed by atoms with Gasteiger partial charge in [0, 0.05) is 12.4 Å². The van der Waals surface area contributed by atoms with Crippen LogP contribution in [0.25, 0.3) is 5.65 Å². The van der Waals surface area contributed by atoms with Crippen molar-refractivity contribution in [1.29, 1.82) is 0 Å². The summed E-state index contributed by atoms with van der Waals surface area (Å²) in [6.45, 7) is 4.75. The molecular formula is C13H16N2O3. The summed E-state index contributed by atoms with van der Waals surface area (Å²) in [5.41, 5.74) is 1.19. The van der Waals surface area contributed by atoms with Crippen LogP contribution < -0.4 is 4.74 Å². The van der Waals surface area contributed by atoms with Gasteiger partial charge in [-0.15, -0.1) is 0 Å². The third-order valence-corrected chi connectivity index (χ3v) is 2.40. The van der Waals surface area contributed by atoms with Gasteiger partial charge in [-0.2, -0.15) is 0 Å². The summed E-state index contributed by atoms with van der Waals surface area (Å²) in [7, 11) is 0. The van der Waals surface area contributed by atoms with Crippen LogP contribution in [0.1, 0.15) is 19.5 Å². The molecule has 96 valence electrons. The Bertz CT molecular complexity index is 560. The topological polar surface area (TPSA) is 63.8 Å². The number of ether oxygens (including phenoxy) is 1. The van der Waals surface area contributed by atoms with Crippen molar-refractivity contribution in [3.05, 3.63) is 30.2 Å². The first-order valence-corrected chi connectivity index (χ1v) is 5.87. The van der Waals surface area contributed by atoms with E-state index < -0.39 is 5.97 Å². The Morgan fingerprint density at radius 2 is 2.33 bits per heavy atom. The van der Waals surface area contributed by atoms with Gasteiger partial charge in [-0.25, -0.2) is 4.98 Å². The molecule has 1 N–H and O–H groups in total. The number of carboxylic acids is 1. The van der Waals surface area contributed by atoms with Crippen LogP contribution in [0, 0.1) is 5.92 Å². The number of hydrogen-bond acceptors (Lipinski definition) is 3. The fourth-order valence-electron chi connectivity index (χ4n) is 1.65. The second-order valence-corrected chi connectivity index (χ2v) is 4.61. The van der Waals surface area contributed by atoms with Gasteiger partial charge in [0.25, 0.3) is 0 Å². The zero-order valence-electron chi connectivity index (χ0n) is 10.5. The molecule has 0 atom stereocenters. The van der Waals surface area contributed by atoms with Crippen LogP contribution in [0.2, 0.25) is 0 Å². The summed E-state index contributed by atoms with van der Waals surface area (Å²) >= 11 is 0. The van der Waals surface area contributed by atoms with Crippen molar-refractivity contribution in [2.24, 2.45) is 5.92 Å². The molecule has 5 heteroatoms. The van der Waals surface area contributed by atoms with Crippen LogP contribution in [0.15, 0.2) is 24.5 Å². The molecule has 0 bridgehead atoms. The lowest BCUT2D eigenvalue weighted by atomic mass is 10.2. The van der Waals surface area contributed by atoms with E-state index in [9.17, 15) is 4.79 Å². The molecule has 0 aromatic carbocycles. The third-order valence-electron chi connectivity index (χ3n) is 2.40. The molecule has 0 aliphatic heterocycles. The number of fused-ring (bicyclic) bond motifs is 1. The lowest BCUT2D eigenvalue weighted by molar-refractivity contribution is -0.136. The Kier molecular flexibility index (Phi) is 3.50. The first-order chi connectivity index (χ1) is 8.56. The Hall–Kier alpha value is -2.04. The second-order valence-electron chi connectivity index (χ2n) is 4.61. The zero-order chi connectivity index (χ0) is 13.1. The SMILES string of the molecule is CC(C)COc1cccn2cc(CC(=O)O)nc12. The van der Waals surface area contributed by atoms with Gasteiger partial charge in [0.2, 0.25) is 0 Å². The summed E-state index contributed by atoms with van der Waals surface area (Å²) in [6.07, 6.45) is 3.47. The Balaban J connectivity index is 2.30. The molecule has 18 heavy (non-hydrogen) atoms. The van der Waals surface area contributed by atoms with Crippen LogP contribution in [0.3, 0.4) is 0 Å². The number of rotatable bonds is 5. The minimum Gasteiger partial charge on any atom is -0.489 e. The van der Waals surface area contributed by atoms with Crippen LogP contribution in [-0.2, 0) is 11.2 Å². The fourth-order valence-corrected chi connectivity index (χ4v) is 1.65. The standard InChI is InChI=1S/C13H16N2O3/c1-9(2)8-18-11-4-3-5-15-7-10(6-12(16)17)14-13(11)15/h3-5,7,9H,6,8H2,1-2H3,(H,16,17). The van der Waals surface area contributed by atoms with E-state index in [1.165, 1.54) is 0 Å². The highest BCUT2D eigenvalue weighted by molar-refractivity contribution is 5.70. The normalized spacial score (nSPS) is 11.1. The van der Waals surface area contributed by atoms with Crippen molar-refractivity contribution < 1.29 is 14.6 Å². The summed E-state index contributed by atoms with van der Waals surface area (Å²) in [5, 5.41) is 8.76. The predicted molar refractivity (Wildman–Crippen MR) is 66.9 cm³/mol. The lowest BCUT2D eigenvalue weighted by Crippen LogP contribution is -2.05. The van der Waals surface area contributed by atoms with Gasteiger partial charge in [0.05, 0.1) is 18.7 Å². The molecule has 2 rings (SSSR count). The molecule has 0 amide bonds. The second kappa shape index (κ2) is 5.08. The Labute approximate surface area is 105 Å². The number of carboxylic acid groups (broad SMARTS) is 1. The van der Waals surface area contributed by atoms with Gasteiger partial charge in [-0.1, -0.05) is 13.8 Å². The van der Waals surface area contributed by atoms with E-state index in [0.29, 0.717) is 29.6 Å². The molecule has 0 saturated heterocycles. The first-order valence-electron chi connectivity index (χ1n) is 5.87. The highest BCUT2D eigenvalue weighted by Gasteiger charge is 2.10. The Morgan fingerprint density at radius 1 is 1.56 bits per heavy atom. The number of hydrogen-bond donors (Lipinski definition) is 1. The summed E-state index contributed by atoms with van der Waals surface area (Å²) in [5.74, 6) is 0.226. The number of imidazole rings is 1. The highest BCUT2D eigenvalue weighted by atomic mass is 16.5. The Morgan fingerprint density at radius 3 is 3.00 bits per heavy atom. The average Bonchev–Trinajstić information content (AvgIpc) is 2.67. The van der Waals surface area contributed by atoms with Crippen molar-refractivity contribution >= 4 is 11.6 Å². The van der Waals surface area contributed by atoms with Crippen molar-refractivity contribution in [1.82, 2.24) is 9.38 Å². The third kappa shape index (κ3) is 2.80. The molecule has 2 heterocycles. The maximum absolute atomic E-state index is 10.7. The van der Waals surface area contributed by atoms with Gasteiger partial charge >= 0.3 is 5.97 Å². The number of aliphatic carboxylic acids is 1. The lowest BCUT2D eigenvalue weighted by Gasteiger charge is -2.08. The molecule has 0 aliphatic carbocycles. The van der Waals surface area contributed by atoms with E-state index in [-0.39, 0.29) is 6.42 Å². The van der Waals surface area contributed by atoms with Crippen LogP contribution in [0.4, 0.5) is 0 Å². The van der Waals surface area contributed by atoms with Gasteiger partial charge in [0.15, 0.2) is 11.4 Å². The minimum absolute atomic E-state index is 0.0781. The summed E-state index contributed by atoms with van der Waals surface area (Å²) in [6, 6.07) is 3.70. The smallest absolute Gasteiger partial charge is 0.309 e. The van der Waals surface area contributed by atoms with Crippen molar-refractivity contribution in [3.63, 3.8) is 0 Å². The van der Waals surface area contributed by atoms with E-state index in [2.05, 4.69) is 18.8 Å². The van der Waals surface area contributed by atoms with Crippen molar-refractivity contribution in [3.8, 4) is 5.75 Å². The molecule has 2 aromatic rings. The van der Waals surface area contributed by atoms with E-state index >= 15 is 0 Å². The van der Waals surface area contributed by atoms with E-state index in [1.807, 2.05) is 18.3 Å². The van der Waals surface area contributed by atoms with Gasteiger partial charge in [-0.3, -0.25) is 4.79 Å². The molecule has 0 fully saturated rings. The van der Waals surface area contributed by atoms with Crippen LogP contribution in [0.5, 0.6) is 5.75 Å².